The fourth-order valence-electron chi connectivity index (χ4n) is 2.70. The Morgan fingerprint density at radius 3 is 2.48 bits per heavy atom. The van der Waals surface area contributed by atoms with Crippen LogP contribution in [0.3, 0.4) is 0 Å². The van der Waals surface area contributed by atoms with Gasteiger partial charge in [-0.05, 0) is 36.4 Å². The number of sulfonamides is 1. The van der Waals surface area contributed by atoms with Crippen LogP contribution < -0.4 is 9.04 Å². The summed E-state index contributed by atoms with van der Waals surface area (Å²) in [6.07, 6.45) is 1.14. The molecule has 3 rings (SSSR count). The molecule has 1 heterocycles. The molecule has 0 atom stereocenters. The Hall–Kier alpha value is -2.91. The molecule has 0 spiro atoms. The molecule has 3 aromatic rings. The number of esters is 1. The molecule has 7 nitrogen and oxygen atoms in total. The van der Waals surface area contributed by atoms with Gasteiger partial charge in [0.1, 0.15) is 10.8 Å². The SMILES string of the molecule is COC(=O)c1ccc(N(Cc2csc(-c3cccc(OC)c3)n2)S(C)(=O)=O)cc1. The number of methoxy groups -OCH3 is 2. The summed E-state index contributed by atoms with van der Waals surface area (Å²) in [5.74, 6) is 0.243. The standard InChI is InChI=1S/C20H20N2O5S2/c1-26-18-6-4-5-15(11-18)19-21-16(13-28-19)12-22(29(3,24)25)17-9-7-14(8-10-17)20(23)27-2/h4-11,13H,12H2,1-3H3. The van der Waals surface area contributed by atoms with E-state index in [4.69, 9.17) is 4.74 Å². The first-order valence-corrected chi connectivity index (χ1v) is 11.3. The van der Waals surface area contributed by atoms with Crippen LogP contribution in [0.5, 0.6) is 5.75 Å². The van der Waals surface area contributed by atoms with Gasteiger partial charge in [-0.15, -0.1) is 11.3 Å². The first kappa shape index (κ1) is 20.8. The van der Waals surface area contributed by atoms with E-state index in [0.717, 1.165) is 22.6 Å². The lowest BCUT2D eigenvalue weighted by Gasteiger charge is -2.21. The zero-order chi connectivity index (χ0) is 21.0. The maximum absolute atomic E-state index is 12.4. The van der Waals surface area contributed by atoms with Crippen LogP contribution in [0.25, 0.3) is 10.6 Å². The van der Waals surface area contributed by atoms with Gasteiger partial charge >= 0.3 is 5.97 Å². The number of nitrogens with zero attached hydrogens (tertiary/aromatic N) is 2. The minimum absolute atomic E-state index is 0.0802. The van der Waals surface area contributed by atoms with Gasteiger partial charge in [0.15, 0.2) is 0 Å². The first-order chi connectivity index (χ1) is 13.8. The minimum atomic E-state index is -3.56. The molecule has 0 fully saturated rings. The van der Waals surface area contributed by atoms with Crippen LogP contribution >= 0.6 is 11.3 Å². The molecule has 2 aromatic carbocycles. The maximum Gasteiger partial charge on any atom is 0.337 e. The molecular weight excluding hydrogens is 412 g/mol. The van der Waals surface area contributed by atoms with Crippen LogP contribution in [-0.4, -0.2) is 39.8 Å². The predicted octanol–water partition coefficient (Wildman–Crippen LogP) is 3.57. The van der Waals surface area contributed by atoms with Gasteiger partial charge in [0.2, 0.25) is 10.0 Å². The third kappa shape index (κ3) is 4.93. The van der Waals surface area contributed by atoms with Crippen LogP contribution in [0.2, 0.25) is 0 Å². The molecular formula is C20H20N2O5S2. The van der Waals surface area contributed by atoms with Crippen molar-refractivity contribution in [3.63, 3.8) is 0 Å². The summed E-state index contributed by atoms with van der Waals surface area (Å²) < 4.78 is 35.9. The fraction of sp³-hybridized carbons (Fsp3) is 0.200. The van der Waals surface area contributed by atoms with E-state index in [1.165, 1.54) is 34.9 Å². The topological polar surface area (TPSA) is 85.8 Å². The smallest absolute Gasteiger partial charge is 0.337 e. The Labute approximate surface area is 173 Å². The number of hydrogen-bond acceptors (Lipinski definition) is 7. The normalized spacial score (nSPS) is 11.1. The van der Waals surface area contributed by atoms with Gasteiger partial charge in [-0.2, -0.15) is 0 Å². The van der Waals surface area contributed by atoms with E-state index in [1.54, 1.807) is 19.2 Å². The number of carbonyl (C=O) groups excluding carboxylic acids is 1. The quantitative estimate of drug-likeness (QED) is 0.531. The third-order valence-electron chi connectivity index (χ3n) is 4.15. The molecule has 0 radical (unpaired) electrons. The number of aromatic nitrogens is 1. The summed E-state index contributed by atoms with van der Waals surface area (Å²) in [7, 11) is -0.667. The van der Waals surface area contributed by atoms with Crippen molar-refractivity contribution in [3.05, 3.63) is 65.2 Å². The van der Waals surface area contributed by atoms with Crippen LogP contribution in [0.1, 0.15) is 16.1 Å². The van der Waals surface area contributed by atoms with Crippen molar-refractivity contribution < 1.29 is 22.7 Å². The second-order valence-corrected chi connectivity index (χ2v) is 8.95. The van der Waals surface area contributed by atoms with Crippen molar-refractivity contribution in [2.45, 2.75) is 6.54 Å². The average molecular weight is 433 g/mol. The summed E-state index contributed by atoms with van der Waals surface area (Å²) >= 11 is 1.43. The highest BCUT2D eigenvalue weighted by molar-refractivity contribution is 7.92. The number of anilines is 1. The van der Waals surface area contributed by atoms with Crippen molar-refractivity contribution in [1.82, 2.24) is 4.98 Å². The molecule has 9 heteroatoms. The number of thiazole rings is 1. The molecule has 0 N–H and O–H groups in total. The van der Waals surface area contributed by atoms with Crippen LogP contribution in [0, 0.1) is 0 Å². The fourth-order valence-corrected chi connectivity index (χ4v) is 4.38. The van der Waals surface area contributed by atoms with Crippen molar-refractivity contribution >= 4 is 33.0 Å². The Morgan fingerprint density at radius 1 is 1.14 bits per heavy atom. The first-order valence-electron chi connectivity index (χ1n) is 8.56. The molecule has 0 amide bonds. The van der Waals surface area contributed by atoms with Crippen LogP contribution in [0.4, 0.5) is 5.69 Å². The number of ether oxygens (including phenoxy) is 2. The molecule has 29 heavy (non-hydrogen) atoms. The summed E-state index contributed by atoms with van der Waals surface area (Å²) in [5, 5.41) is 2.60. The molecule has 152 valence electrons. The molecule has 0 aliphatic heterocycles. The Kier molecular flexibility index (Phi) is 6.19. The number of benzene rings is 2. The molecule has 0 aliphatic carbocycles. The highest BCUT2D eigenvalue weighted by Gasteiger charge is 2.20. The Morgan fingerprint density at radius 2 is 1.86 bits per heavy atom. The minimum Gasteiger partial charge on any atom is -0.497 e. The monoisotopic (exact) mass is 432 g/mol. The van der Waals surface area contributed by atoms with E-state index < -0.39 is 16.0 Å². The molecule has 0 aliphatic rings. The molecule has 1 aromatic heterocycles. The van der Waals surface area contributed by atoms with Crippen molar-refractivity contribution in [2.24, 2.45) is 0 Å². The summed E-state index contributed by atoms with van der Waals surface area (Å²) in [6, 6.07) is 13.7. The van der Waals surface area contributed by atoms with Gasteiger partial charge in [0.25, 0.3) is 0 Å². The van der Waals surface area contributed by atoms with Gasteiger partial charge in [-0.3, -0.25) is 4.31 Å². The van der Waals surface area contributed by atoms with Gasteiger partial charge in [0, 0.05) is 10.9 Å². The van der Waals surface area contributed by atoms with E-state index in [1.807, 2.05) is 29.6 Å². The molecule has 0 saturated carbocycles. The van der Waals surface area contributed by atoms with Crippen molar-refractivity contribution in [3.8, 4) is 16.3 Å². The number of hydrogen-bond donors (Lipinski definition) is 0. The lowest BCUT2D eigenvalue weighted by molar-refractivity contribution is 0.0600. The van der Waals surface area contributed by atoms with Gasteiger partial charge in [-0.1, -0.05) is 12.1 Å². The zero-order valence-electron chi connectivity index (χ0n) is 16.2. The van der Waals surface area contributed by atoms with E-state index in [2.05, 4.69) is 9.72 Å². The third-order valence-corrected chi connectivity index (χ3v) is 6.23. The Balaban J connectivity index is 1.87. The summed E-state index contributed by atoms with van der Waals surface area (Å²) in [5.41, 5.74) is 2.30. The van der Waals surface area contributed by atoms with Crippen LogP contribution in [-0.2, 0) is 21.3 Å². The van der Waals surface area contributed by atoms with E-state index in [0.29, 0.717) is 16.9 Å². The summed E-state index contributed by atoms with van der Waals surface area (Å²) in [6.45, 7) is 0.0802. The zero-order valence-corrected chi connectivity index (χ0v) is 17.8. The molecule has 0 unspecified atom stereocenters. The van der Waals surface area contributed by atoms with E-state index >= 15 is 0 Å². The highest BCUT2D eigenvalue weighted by atomic mass is 32.2. The average Bonchev–Trinajstić information content (AvgIpc) is 3.19. The second-order valence-electron chi connectivity index (χ2n) is 6.18. The van der Waals surface area contributed by atoms with E-state index in [9.17, 15) is 13.2 Å². The maximum atomic E-state index is 12.4. The van der Waals surface area contributed by atoms with Gasteiger partial charge < -0.3 is 9.47 Å². The number of carbonyl (C=O) groups is 1. The lowest BCUT2D eigenvalue weighted by atomic mass is 10.2. The van der Waals surface area contributed by atoms with Gasteiger partial charge in [0.05, 0.1) is 44.0 Å². The van der Waals surface area contributed by atoms with Crippen molar-refractivity contribution in [2.75, 3.05) is 24.8 Å². The Bertz CT molecular complexity index is 1110. The lowest BCUT2D eigenvalue weighted by Crippen LogP contribution is -2.29. The van der Waals surface area contributed by atoms with Crippen molar-refractivity contribution in [1.29, 1.82) is 0 Å². The summed E-state index contributed by atoms with van der Waals surface area (Å²) in [4.78, 5) is 16.2. The highest BCUT2D eigenvalue weighted by Crippen LogP contribution is 2.28. The van der Waals surface area contributed by atoms with Crippen LogP contribution in [0.15, 0.2) is 53.9 Å². The number of rotatable bonds is 7. The molecule has 0 saturated heterocycles. The van der Waals surface area contributed by atoms with E-state index in [-0.39, 0.29) is 6.54 Å². The van der Waals surface area contributed by atoms with Gasteiger partial charge in [-0.25, -0.2) is 18.2 Å². The predicted molar refractivity (Wildman–Crippen MR) is 113 cm³/mol. The molecule has 0 bridgehead atoms. The second kappa shape index (κ2) is 8.62. The largest absolute Gasteiger partial charge is 0.497 e.